The van der Waals surface area contributed by atoms with Crippen LogP contribution < -0.4 is 15.4 Å². The number of amides is 2. The third-order valence-electron chi connectivity index (χ3n) is 7.68. The Morgan fingerprint density at radius 2 is 1.83 bits per heavy atom. The van der Waals surface area contributed by atoms with E-state index in [4.69, 9.17) is 9.47 Å². The van der Waals surface area contributed by atoms with Gasteiger partial charge in [-0.2, -0.15) is 0 Å². The molecule has 3 aliphatic heterocycles. The summed E-state index contributed by atoms with van der Waals surface area (Å²) in [5.74, 6) is 1.19. The number of fused-ring (bicyclic) bond motifs is 1. The lowest BCUT2D eigenvalue weighted by Gasteiger charge is -2.38. The maximum Gasteiger partial charge on any atom is 0.236 e. The van der Waals surface area contributed by atoms with E-state index >= 15 is 0 Å². The lowest BCUT2D eigenvalue weighted by atomic mass is 9.89. The van der Waals surface area contributed by atoms with Crippen molar-refractivity contribution in [2.24, 2.45) is 17.8 Å². The molecule has 9 heteroatoms. The molecule has 3 heterocycles. The van der Waals surface area contributed by atoms with Crippen molar-refractivity contribution in [2.75, 3.05) is 53.0 Å². The first-order valence-corrected chi connectivity index (χ1v) is 13.0. The molecule has 194 valence electrons. The number of nitrogens with zero attached hydrogens (tertiary/aromatic N) is 2. The molecule has 36 heavy (non-hydrogen) atoms. The average molecular weight is 497 g/mol. The van der Waals surface area contributed by atoms with E-state index in [0.717, 1.165) is 56.8 Å². The monoisotopic (exact) mass is 496 g/mol. The molecule has 5 rings (SSSR count). The van der Waals surface area contributed by atoms with Crippen LogP contribution in [-0.4, -0.2) is 86.6 Å². The standard InChI is InChI=1S/C27H36N4O5/c1-35-21-6-4-19(5-7-21)26(33)20-8-11-30(12-9-20)16-25(32)31(14-18-2-3-18)15-24-28-23-10-13-36-17-22(23)27(34)29-24/h4-7,10,18,20,22,24,28H,2-3,8-9,11-17H2,1H3,(H,29,34). The molecular formula is C27H36N4O5. The highest BCUT2D eigenvalue weighted by atomic mass is 16.5. The zero-order chi connectivity index (χ0) is 25.1. The number of methoxy groups -OCH3 is 1. The van der Waals surface area contributed by atoms with E-state index in [1.54, 1.807) is 7.11 Å². The van der Waals surface area contributed by atoms with Crippen molar-refractivity contribution in [3.8, 4) is 5.75 Å². The van der Waals surface area contributed by atoms with Crippen LogP contribution in [0, 0.1) is 17.8 Å². The predicted octanol–water partition coefficient (Wildman–Crippen LogP) is 1.40. The summed E-state index contributed by atoms with van der Waals surface area (Å²) < 4.78 is 10.6. The lowest BCUT2D eigenvalue weighted by molar-refractivity contribution is -0.135. The van der Waals surface area contributed by atoms with E-state index in [-0.39, 0.29) is 35.6 Å². The molecule has 3 fully saturated rings. The van der Waals surface area contributed by atoms with Crippen LogP contribution in [0.1, 0.15) is 36.0 Å². The second-order valence-electron chi connectivity index (χ2n) is 10.3. The van der Waals surface area contributed by atoms with E-state index in [9.17, 15) is 14.4 Å². The van der Waals surface area contributed by atoms with Crippen LogP contribution in [0.3, 0.4) is 0 Å². The molecule has 0 bridgehead atoms. The Hall–Kier alpha value is -2.91. The van der Waals surface area contributed by atoms with Crippen molar-refractivity contribution in [3.63, 3.8) is 0 Å². The maximum atomic E-state index is 13.3. The molecule has 1 aromatic rings. The summed E-state index contributed by atoms with van der Waals surface area (Å²) in [5, 5.41) is 6.42. The summed E-state index contributed by atoms with van der Waals surface area (Å²) in [7, 11) is 1.61. The molecule has 2 amide bonds. The van der Waals surface area contributed by atoms with Gasteiger partial charge < -0.3 is 25.0 Å². The molecule has 2 unspecified atom stereocenters. The number of nitrogens with one attached hydrogen (secondary N) is 2. The quantitative estimate of drug-likeness (QED) is 0.499. The van der Waals surface area contributed by atoms with Crippen molar-refractivity contribution < 1.29 is 23.9 Å². The van der Waals surface area contributed by atoms with Gasteiger partial charge in [0.15, 0.2) is 5.78 Å². The largest absolute Gasteiger partial charge is 0.497 e. The van der Waals surface area contributed by atoms with Gasteiger partial charge in [0.1, 0.15) is 17.8 Å². The fraction of sp³-hybridized carbons (Fsp3) is 0.593. The van der Waals surface area contributed by atoms with Crippen molar-refractivity contribution in [2.45, 2.75) is 31.8 Å². The second-order valence-corrected chi connectivity index (χ2v) is 10.3. The molecule has 9 nitrogen and oxygen atoms in total. The number of piperidine rings is 1. The van der Waals surface area contributed by atoms with Crippen molar-refractivity contribution in [1.29, 1.82) is 0 Å². The summed E-state index contributed by atoms with van der Waals surface area (Å²) in [4.78, 5) is 42.9. The number of carbonyl (C=O) groups excluding carboxylic acids is 3. The molecule has 1 saturated carbocycles. The fourth-order valence-corrected chi connectivity index (χ4v) is 5.29. The van der Waals surface area contributed by atoms with Crippen LogP contribution in [-0.2, 0) is 14.3 Å². The highest BCUT2D eigenvalue weighted by Gasteiger charge is 2.36. The third-order valence-corrected chi connectivity index (χ3v) is 7.68. The summed E-state index contributed by atoms with van der Waals surface area (Å²) in [6.07, 6.45) is 5.42. The summed E-state index contributed by atoms with van der Waals surface area (Å²) >= 11 is 0. The summed E-state index contributed by atoms with van der Waals surface area (Å²) in [5.41, 5.74) is 1.61. The van der Waals surface area contributed by atoms with E-state index in [1.807, 2.05) is 35.2 Å². The summed E-state index contributed by atoms with van der Waals surface area (Å²) in [6.45, 7) is 3.85. The van der Waals surface area contributed by atoms with Gasteiger partial charge in [0.25, 0.3) is 0 Å². The molecule has 1 aromatic carbocycles. The Balaban J connectivity index is 1.14. The maximum absolute atomic E-state index is 13.3. The molecule has 2 N–H and O–H groups in total. The van der Waals surface area contributed by atoms with Crippen LogP contribution in [0.5, 0.6) is 5.75 Å². The molecule has 0 aromatic heterocycles. The van der Waals surface area contributed by atoms with Gasteiger partial charge in [-0.05, 0) is 75.0 Å². The van der Waals surface area contributed by atoms with Gasteiger partial charge in [0.05, 0.1) is 33.4 Å². The number of ether oxygens (including phenoxy) is 2. The second kappa shape index (κ2) is 11.0. The highest BCUT2D eigenvalue weighted by molar-refractivity contribution is 5.98. The average Bonchev–Trinajstić information content (AvgIpc) is 3.72. The molecule has 1 aliphatic carbocycles. The highest BCUT2D eigenvalue weighted by Crippen LogP contribution is 2.30. The third kappa shape index (κ3) is 5.90. The van der Waals surface area contributed by atoms with Crippen LogP contribution >= 0.6 is 0 Å². The Bertz CT molecular complexity index is 998. The van der Waals surface area contributed by atoms with Gasteiger partial charge in [0.2, 0.25) is 11.8 Å². The Labute approximate surface area is 212 Å². The fourth-order valence-electron chi connectivity index (χ4n) is 5.29. The first-order valence-electron chi connectivity index (χ1n) is 13.0. The minimum atomic E-state index is -0.298. The van der Waals surface area contributed by atoms with Gasteiger partial charge in [-0.15, -0.1) is 0 Å². The number of hydrogen-bond donors (Lipinski definition) is 2. The number of likely N-dealkylation sites (tertiary alicyclic amines) is 1. The zero-order valence-electron chi connectivity index (χ0n) is 20.9. The first-order chi connectivity index (χ1) is 17.5. The molecule has 0 spiro atoms. The van der Waals surface area contributed by atoms with Crippen LogP contribution in [0.2, 0.25) is 0 Å². The number of Topliss-reactive ketones (excluding diaryl/α,β-unsaturated/α-hetero) is 1. The Kier molecular flexibility index (Phi) is 7.57. The van der Waals surface area contributed by atoms with Gasteiger partial charge in [-0.25, -0.2) is 0 Å². The van der Waals surface area contributed by atoms with E-state index in [0.29, 0.717) is 37.8 Å². The van der Waals surface area contributed by atoms with E-state index < -0.39 is 0 Å². The van der Waals surface area contributed by atoms with Gasteiger partial charge in [-0.1, -0.05) is 0 Å². The Morgan fingerprint density at radius 1 is 1.08 bits per heavy atom. The van der Waals surface area contributed by atoms with Gasteiger partial charge in [0, 0.05) is 23.7 Å². The molecule has 2 atom stereocenters. The summed E-state index contributed by atoms with van der Waals surface area (Å²) in [6, 6.07) is 7.28. The normalized spacial score (nSPS) is 24.7. The smallest absolute Gasteiger partial charge is 0.236 e. The van der Waals surface area contributed by atoms with Crippen molar-refractivity contribution in [1.82, 2.24) is 20.4 Å². The minimum Gasteiger partial charge on any atom is -0.497 e. The number of hydrogen-bond acceptors (Lipinski definition) is 7. The lowest BCUT2D eigenvalue weighted by Crippen LogP contribution is -2.61. The number of benzene rings is 1. The number of rotatable bonds is 9. The van der Waals surface area contributed by atoms with Crippen LogP contribution in [0.4, 0.5) is 0 Å². The minimum absolute atomic E-state index is 0.0188. The van der Waals surface area contributed by atoms with E-state index in [2.05, 4.69) is 15.5 Å². The predicted molar refractivity (Wildman–Crippen MR) is 133 cm³/mol. The Morgan fingerprint density at radius 3 is 2.53 bits per heavy atom. The molecular weight excluding hydrogens is 460 g/mol. The molecule has 0 radical (unpaired) electrons. The number of carbonyl (C=O) groups is 3. The van der Waals surface area contributed by atoms with Gasteiger partial charge >= 0.3 is 0 Å². The van der Waals surface area contributed by atoms with Gasteiger partial charge in [-0.3, -0.25) is 19.3 Å². The van der Waals surface area contributed by atoms with Crippen molar-refractivity contribution in [3.05, 3.63) is 41.6 Å². The van der Waals surface area contributed by atoms with Crippen LogP contribution in [0.25, 0.3) is 0 Å². The first kappa shape index (κ1) is 24.8. The SMILES string of the molecule is COc1ccc(C(=O)C2CCN(CC(=O)N(CC3CC3)CC3NC(=O)C4COCC=C4N3)CC2)cc1. The number of ketones is 1. The van der Waals surface area contributed by atoms with Crippen molar-refractivity contribution >= 4 is 17.6 Å². The molecule has 4 aliphatic rings. The molecule has 2 saturated heterocycles. The zero-order valence-corrected chi connectivity index (χ0v) is 20.9. The topological polar surface area (TPSA) is 100 Å². The van der Waals surface area contributed by atoms with Crippen LogP contribution in [0.15, 0.2) is 36.0 Å². The van der Waals surface area contributed by atoms with E-state index in [1.165, 1.54) is 0 Å².